The maximum Gasteiger partial charge on any atom is 0.471 e. The van der Waals surface area contributed by atoms with E-state index in [1.807, 2.05) is 0 Å². The fraction of sp³-hybridized carbons (Fsp3) is 0.385. The standard InChI is InChI=1S/C26H27BrF4N2O7/c1-25(2,3)40-24(38)32-16(9-10-34)11-17-18(27)12-19(39-14-15-7-5-4-6-8-15)22(21(17)28)33(13-20(35)36)23(37)26(29,30)31/h4-8,10,12,16H,9,11,13-14H2,1-3H3,(H,32,38)(H,35,36). The molecule has 0 spiro atoms. The van der Waals surface area contributed by atoms with E-state index in [9.17, 15) is 37.5 Å². The lowest BCUT2D eigenvalue weighted by Crippen LogP contribution is -2.45. The van der Waals surface area contributed by atoms with Gasteiger partial charge in [-0.1, -0.05) is 46.3 Å². The number of alkyl halides is 3. The minimum atomic E-state index is -5.55. The van der Waals surface area contributed by atoms with Crippen LogP contribution in [0.25, 0.3) is 0 Å². The number of rotatable bonds is 11. The number of aldehydes is 1. The molecule has 2 aromatic rings. The largest absolute Gasteiger partial charge is 0.487 e. The van der Waals surface area contributed by atoms with Gasteiger partial charge in [0.25, 0.3) is 0 Å². The molecule has 9 nitrogen and oxygen atoms in total. The third kappa shape index (κ3) is 9.50. The lowest BCUT2D eigenvalue weighted by atomic mass is 10.0. The van der Waals surface area contributed by atoms with Crippen LogP contribution in [0.1, 0.15) is 38.3 Å². The molecular weight excluding hydrogens is 608 g/mol. The second kappa shape index (κ2) is 13.6. The van der Waals surface area contributed by atoms with Gasteiger partial charge >= 0.3 is 24.1 Å². The zero-order valence-corrected chi connectivity index (χ0v) is 23.3. The molecule has 2 amide bonds. The lowest BCUT2D eigenvalue weighted by Gasteiger charge is -2.27. The number of aliphatic carboxylic acids is 1. The Morgan fingerprint density at radius 2 is 1.77 bits per heavy atom. The zero-order chi connectivity index (χ0) is 30.3. The van der Waals surface area contributed by atoms with E-state index < -0.39 is 66.0 Å². The van der Waals surface area contributed by atoms with E-state index in [4.69, 9.17) is 9.47 Å². The Hall–Kier alpha value is -3.68. The predicted octanol–water partition coefficient (Wildman–Crippen LogP) is 5.17. The SMILES string of the molecule is CC(C)(C)OC(=O)NC(CC=O)Cc1c(Br)cc(OCc2ccccc2)c(N(CC(=O)O)C(=O)C(F)(F)F)c1F. The highest BCUT2D eigenvalue weighted by Gasteiger charge is 2.45. The number of hydrogen-bond donors (Lipinski definition) is 2. The van der Waals surface area contributed by atoms with Crippen LogP contribution in [0.15, 0.2) is 40.9 Å². The van der Waals surface area contributed by atoms with E-state index in [1.165, 1.54) is 0 Å². The van der Waals surface area contributed by atoms with Crippen LogP contribution in [0.2, 0.25) is 0 Å². The van der Waals surface area contributed by atoms with Crippen LogP contribution in [0.3, 0.4) is 0 Å². The average molecular weight is 635 g/mol. The van der Waals surface area contributed by atoms with Gasteiger partial charge in [-0.2, -0.15) is 13.2 Å². The first-order chi connectivity index (χ1) is 18.5. The Bertz CT molecular complexity index is 1230. The summed E-state index contributed by atoms with van der Waals surface area (Å²) in [6.07, 6.45) is -6.82. The smallest absolute Gasteiger partial charge is 0.471 e. The second-order valence-electron chi connectivity index (χ2n) is 9.50. The number of halogens is 5. The summed E-state index contributed by atoms with van der Waals surface area (Å²) in [6, 6.07) is 8.29. The molecule has 40 heavy (non-hydrogen) atoms. The Morgan fingerprint density at radius 1 is 1.15 bits per heavy atom. The summed E-state index contributed by atoms with van der Waals surface area (Å²) in [5.41, 5.74) is -1.77. The number of ether oxygens (including phenoxy) is 2. The second-order valence-corrected chi connectivity index (χ2v) is 10.4. The van der Waals surface area contributed by atoms with Crippen LogP contribution in [-0.2, 0) is 32.1 Å². The third-order valence-corrected chi connectivity index (χ3v) is 5.80. The molecule has 0 saturated heterocycles. The molecule has 0 radical (unpaired) electrons. The van der Waals surface area contributed by atoms with Gasteiger partial charge in [0.2, 0.25) is 0 Å². The molecule has 1 atom stereocenters. The summed E-state index contributed by atoms with van der Waals surface area (Å²) in [5.74, 6) is -6.45. The quantitative estimate of drug-likeness (QED) is 0.258. The number of alkyl carbamates (subject to hydrolysis) is 1. The monoisotopic (exact) mass is 634 g/mol. The van der Waals surface area contributed by atoms with E-state index in [2.05, 4.69) is 21.2 Å². The molecule has 0 fully saturated rings. The molecule has 0 aliphatic carbocycles. The Balaban J connectivity index is 2.63. The maximum atomic E-state index is 16.1. The lowest BCUT2D eigenvalue weighted by molar-refractivity contribution is -0.171. The first-order valence-corrected chi connectivity index (χ1v) is 12.5. The summed E-state index contributed by atoms with van der Waals surface area (Å²) in [4.78, 5) is 46.9. The molecule has 0 aliphatic heterocycles. The molecule has 2 aromatic carbocycles. The van der Waals surface area contributed by atoms with Gasteiger partial charge in [0.05, 0.1) is 0 Å². The van der Waals surface area contributed by atoms with Crippen molar-refractivity contribution in [3.05, 3.63) is 57.8 Å². The van der Waals surface area contributed by atoms with Crippen molar-refractivity contribution in [3.8, 4) is 5.75 Å². The van der Waals surface area contributed by atoms with Crippen molar-refractivity contribution in [1.29, 1.82) is 0 Å². The van der Waals surface area contributed by atoms with E-state index in [1.54, 1.807) is 51.1 Å². The number of benzene rings is 2. The molecule has 2 N–H and O–H groups in total. The van der Waals surface area contributed by atoms with Crippen LogP contribution in [-0.4, -0.2) is 53.7 Å². The van der Waals surface area contributed by atoms with Crippen molar-refractivity contribution in [2.75, 3.05) is 11.4 Å². The molecule has 1 unspecified atom stereocenters. The van der Waals surface area contributed by atoms with Gasteiger partial charge in [-0.3, -0.25) is 14.5 Å². The van der Waals surface area contributed by atoms with Crippen molar-refractivity contribution >= 4 is 45.9 Å². The van der Waals surface area contributed by atoms with Gasteiger partial charge in [0.15, 0.2) is 5.82 Å². The summed E-state index contributed by atoms with van der Waals surface area (Å²) < 4.78 is 67.1. The van der Waals surface area contributed by atoms with Gasteiger partial charge in [-0.25, -0.2) is 9.18 Å². The zero-order valence-electron chi connectivity index (χ0n) is 21.7. The van der Waals surface area contributed by atoms with E-state index in [-0.39, 0.29) is 28.0 Å². The van der Waals surface area contributed by atoms with Crippen LogP contribution < -0.4 is 15.0 Å². The van der Waals surface area contributed by atoms with E-state index in [0.29, 0.717) is 11.8 Å². The number of carbonyl (C=O) groups is 4. The van der Waals surface area contributed by atoms with Gasteiger partial charge in [-0.15, -0.1) is 0 Å². The first kappa shape index (κ1) is 32.5. The van der Waals surface area contributed by atoms with Gasteiger partial charge < -0.3 is 24.7 Å². The highest BCUT2D eigenvalue weighted by atomic mass is 79.9. The van der Waals surface area contributed by atoms with Crippen LogP contribution >= 0.6 is 15.9 Å². The summed E-state index contributed by atoms with van der Waals surface area (Å²) in [5, 5.41) is 11.6. The fourth-order valence-corrected chi connectivity index (χ4v) is 4.03. The number of carbonyl (C=O) groups excluding carboxylic acids is 3. The molecule has 0 aliphatic rings. The van der Waals surface area contributed by atoms with Gasteiger partial charge in [-0.05, 0) is 38.8 Å². The molecule has 2 rings (SSSR count). The Labute approximate surface area is 235 Å². The third-order valence-electron chi connectivity index (χ3n) is 5.09. The molecule has 14 heteroatoms. The number of nitrogens with one attached hydrogen (secondary N) is 1. The van der Waals surface area contributed by atoms with E-state index in [0.717, 1.165) is 6.07 Å². The number of anilines is 1. The minimum Gasteiger partial charge on any atom is -0.487 e. The number of carboxylic acids is 1. The highest BCUT2D eigenvalue weighted by Crippen LogP contribution is 2.40. The molecule has 218 valence electrons. The summed E-state index contributed by atoms with van der Waals surface area (Å²) in [7, 11) is 0. The molecule has 0 bridgehead atoms. The minimum absolute atomic E-state index is 0.0339. The maximum absolute atomic E-state index is 16.1. The number of carboxylic acid groups (broad SMARTS) is 1. The van der Waals surface area contributed by atoms with Crippen molar-refractivity contribution in [3.63, 3.8) is 0 Å². The van der Waals surface area contributed by atoms with Crippen molar-refractivity contribution in [2.24, 2.45) is 0 Å². The Kier molecular flexibility index (Phi) is 11.1. The highest BCUT2D eigenvalue weighted by molar-refractivity contribution is 9.10. The normalized spacial score (nSPS) is 12.3. The number of amides is 2. The van der Waals surface area contributed by atoms with Crippen molar-refractivity contribution in [2.45, 2.75) is 58.0 Å². The summed E-state index contributed by atoms with van der Waals surface area (Å²) in [6.45, 7) is 2.98. The van der Waals surface area contributed by atoms with Crippen LogP contribution in [0.4, 0.5) is 28.0 Å². The van der Waals surface area contributed by atoms with Crippen LogP contribution in [0, 0.1) is 5.82 Å². The fourth-order valence-electron chi connectivity index (χ4n) is 3.48. The molecule has 0 aromatic heterocycles. The number of nitrogens with zero attached hydrogens (tertiary/aromatic N) is 1. The Morgan fingerprint density at radius 3 is 2.30 bits per heavy atom. The molecular formula is C26H27BrF4N2O7. The van der Waals surface area contributed by atoms with Crippen LogP contribution in [0.5, 0.6) is 5.75 Å². The van der Waals surface area contributed by atoms with Gasteiger partial charge in [0, 0.05) is 22.5 Å². The molecule has 0 heterocycles. The molecule has 0 saturated carbocycles. The number of hydrogen-bond acceptors (Lipinski definition) is 6. The topological polar surface area (TPSA) is 122 Å². The van der Waals surface area contributed by atoms with Gasteiger partial charge in [0.1, 0.15) is 36.5 Å². The van der Waals surface area contributed by atoms with Crippen molar-refractivity contribution in [1.82, 2.24) is 5.32 Å². The van der Waals surface area contributed by atoms with Crippen molar-refractivity contribution < 1.29 is 51.3 Å². The average Bonchev–Trinajstić information content (AvgIpc) is 2.82. The summed E-state index contributed by atoms with van der Waals surface area (Å²) >= 11 is 3.14. The van der Waals surface area contributed by atoms with E-state index >= 15 is 4.39 Å². The predicted molar refractivity (Wildman–Crippen MR) is 138 cm³/mol. The first-order valence-electron chi connectivity index (χ1n) is 11.7.